The molecular weight excluding hydrogens is 332 g/mol. The first kappa shape index (κ1) is 16.9. The van der Waals surface area contributed by atoms with Crippen LogP contribution < -0.4 is 10.1 Å². The van der Waals surface area contributed by atoms with Crippen LogP contribution in [0.5, 0.6) is 5.75 Å². The molecule has 1 aromatic heterocycles. The predicted octanol–water partition coefficient (Wildman–Crippen LogP) is 4.86. The monoisotopic (exact) mass is 350 g/mol. The normalized spacial score (nSPS) is 10.8. The van der Waals surface area contributed by atoms with Crippen molar-refractivity contribution in [2.45, 2.75) is 6.92 Å². The van der Waals surface area contributed by atoms with Crippen LogP contribution in [0, 0.1) is 0 Å². The Morgan fingerprint density at radius 3 is 2.56 bits per heavy atom. The molecule has 25 heavy (non-hydrogen) atoms. The molecule has 0 fully saturated rings. The quantitative estimate of drug-likeness (QED) is 0.646. The van der Waals surface area contributed by atoms with Gasteiger partial charge in [-0.25, -0.2) is 4.98 Å². The Balaban J connectivity index is 1.58. The third kappa shape index (κ3) is 4.78. The van der Waals surface area contributed by atoms with Crippen LogP contribution in [0.4, 0.5) is 5.69 Å². The molecule has 0 aliphatic rings. The molecule has 0 bridgehead atoms. The molecule has 1 amide bonds. The molecule has 1 heterocycles. The molecule has 3 aromatic rings. The second kappa shape index (κ2) is 8.26. The minimum absolute atomic E-state index is 0.170. The summed E-state index contributed by atoms with van der Waals surface area (Å²) in [6, 6.07) is 15.2. The average molecular weight is 350 g/mol. The van der Waals surface area contributed by atoms with Gasteiger partial charge in [-0.1, -0.05) is 12.1 Å². The third-order valence-corrected chi connectivity index (χ3v) is 4.27. The summed E-state index contributed by atoms with van der Waals surface area (Å²) in [7, 11) is 0. The lowest BCUT2D eigenvalue weighted by atomic mass is 10.2. The number of thiazole rings is 1. The molecule has 3 rings (SSSR count). The predicted molar refractivity (Wildman–Crippen MR) is 103 cm³/mol. The van der Waals surface area contributed by atoms with E-state index in [1.54, 1.807) is 23.6 Å². The van der Waals surface area contributed by atoms with Crippen molar-refractivity contribution in [2.75, 3.05) is 11.9 Å². The van der Waals surface area contributed by atoms with Gasteiger partial charge in [0.2, 0.25) is 5.91 Å². The second-order valence-corrected chi connectivity index (χ2v) is 6.13. The fraction of sp³-hybridized carbons (Fsp3) is 0.100. The SMILES string of the molecule is CCOc1ccc(C=CC(=O)Nc2ccc(-c3nccs3)cc2)cc1. The second-order valence-electron chi connectivity index (χ2n) is 5.24. The number of hydrogen-bond acceptors (Lipinski definition) is 4. The van der Waals surface area contributed by atoms with E-state index in [4.69, 9.17) is 4.74 Å². The number of amides is 1. The van der Waals surface area contributed by atoms with Crippen LogP contribution in [0.25, 0.3) is 16.6 Å². The Morgan fingerprint density at radius 2 is 1.92 bits per heavy atom. The molecule has 0 spiro atoms. The molecule has 4 nitrogen and oxygen atoms in total. The largest absolute Gasteiger partial charge is 0.494 e. The highest BCUT2D eigenvalue weighted by molar-refractivity contribution is 7.13. The molecular formula is C20H18N2O2S. The third-order valence-electron chi connectivity index (χ3n) is 3.45. The van der Waals surface area contributed by atoms with E-state index >= 15 is 0 Å². The summed E-state index contributed by atoms with van der Waals surface area (Å²) in [5.74, 6) is 0.653. The molecule has 5 heteroatoms. The van der Waals surface area contributed by atoms with Crippen LogP contribution in [0.1, 0.15) is 12.5 Å². The maximum Gasteiger partial charge on any atom is 0.248 e. The van der Waals surface area contributed by atoms with Gasteiger partial charge < -0.3 is 10.1 Å². The zero-order chi connectivity index (χ0) is 17.5. The first-order chi connectivity index (χ1) is 12.2. The first-order valence-electron chi connectivity index (χ1n) is 7.96. The maximum atomic E-state index is 12.0. The van der Waals surface area contributed by atoms with Gasteiger partial charge in [0.05, 0.1) is 6.61 Å². The van der Waals surface area contributed by atoms with Gasteiger partial charge in [-0.2, -0.15) is 0 Å². The number of ether oxygens (including phenoxy) is 1. The molecule has 0 aliphatic carbocycles. The van der Waals surface area contributed by atoms with Crippen molar-refractivity contribution < 1.29 is 9.53 Å². The molecule has 2 aromatic carbocycles. The highest BCUT2D eigenvalue weighted by atomic mass is 32.1. The molecule has 0 saturated carbocycles. The summed E-state index contributed by atoms with van der Waals surface area (Å²) < 4.78 is 5.39. The van der Waals surface area contributed by atoms with Gasteiger partial charge >= 0.3 is 0 Å². The Morgan fingerprint density at radius 1 is 1.16 bits per heavy atom. The molecule has 0 atom stereocenters. The van der Waals surface area contributed by atoms with Crippen molar-refractivity contribution >= 4 is 29.0 Å². The lowest BCUT2D eigenvalue weighted by Crippen LogP contribution is -2.07. The lowest BCUT2D eigenvalue weighted by Gasteiger charge is -2.04. The number of carbonyl (C=O) groups excluding carboxylic acids is 1. The Labute approximate surface area is 150 Å². The number of anilines is 1. The lowest BCUT2D eigenvalue weighted by molar-refractivity contribution is -0.111. The van der Waals surface area contributed by atoms with Gasteiger partial charge in [-0.05, 0) is 55.0 Å². The fourth-order valence-electron chi connectivity index (χ4n) is 2.26. The Hall–Kier alpha value is -2.92. The van der Waals surface area contributed by atoms with Crippen LogP contribution in [0.3, 0.4) is 0 Å². The maximum absolute atomic E-state index is 12.0. The average Bonchev–Trinajstić information content (AvgIpc) is 3.17. The van der Waals surface area contributed by atoms with E-state index in [0.717, 1.165) is 27.6 Å². The number of aromatic nitrogens is 1. The Kier molecular flexibility index (Phi) is 5.59. The molecule has 0 aliphatic heterocycles. The number of benzene rings is 2. The van der Waals surface area contributed by atoms with Crippen LogP contribution in [-0.4, -0.2) is 17.5 Å². The summed E-state index contributed by atoms with van der Waals surface area (Å²) in [6.45, 7) is 2.58. The van der Waals surface area contributed by atoms with Crippen molar-refractivity contribution in [3.63, 3.8) is 0 Å². The van der Waals surface area contributed by atoms with E-state index in [2.05, 4.69) is 10.3 Å². The van der Waals surface area contributed by atoms with Gasteiger partial charge in [0, 0.05) is 28.9 Å². The fourth-order valence-corrected chi connectivity index (χ4v) is 2.90. The van der Waals surface area contributed by atoms with E-state index in [0.29, 0.717) is 6.61 Å². The summed E-state index contributed by atoms with van der Waals surface area (Å²) in [6.07, 6.45) is 5.07. The molecule has 0 radical (unpaired) electrons. The summed E-state index contributed by atoms with van der Waals surface area (Å²) in [5.41, 5.74) is 2.73. The molecule has 0 unspecified atom stereocenters. The first-order valence-corrected chi connectivity index (χ1v) is 8.84. The number of hydrogen-bond donors (Lipinski definition) is 1. The number of rotatable bonds is 6. The minimum Gasteiger partial charge on any atom is -0.494 e. The van der Waals surface area contributed by atoms with E-state index < -0.39 is 0 Å². The van der Waals surface area contributed by atoms with E-state index in [1.165, 1.54) is 6.08 Å². The van der Waals surface area contributed by atoms with E-state index in [1.807, 2.05) is 60.8 Å². The highest BCUT2D eigenvalue weighted by Crippen LogP contribution is 2.23. The van der Waals surface area contributed by atoms with Crippen molar-refractivity contribution in [1.82, 2.24) is 4.98 Å². The van der Waals surface area contributed by atoms with E-state index in [-0.39, 0.29) is 5.91 Å². The summed E-state index contributed by atoms with van der Waals surface area (Å²) >= 11 is 1.59. The van der Waals surface area contributed by atoms with Crippen LogP contribution in [-0.2, 0) is 4.79 Å². The van der Waals surface area contributed by atoms with Crippen molar-refractivity contribution in [1.29, 1.82) is 0 Å². The topological polar surface area (TPSA) is 51.2 Å². The zero-order valence-electron chi connectivity index (χ0n) is 13.8. The smallest absolute Gasteiger partial charge is 0.248 e. The summed E-state index contributed by atoms with van der Waals surface area (Å²) in [4.78, 5) is 16.3. The number of nitrogens with zero attached hydrogens (tertiary/aromatic N) is 1. The van der Waals surface area contributed by atoms with Gasteiger partial charge in [0.25, 0.3) is 0 Å². The van der Waals surface area contributed by atoms with Crippen LogP contribution in [0.15, 0.2) is 66.2 Å². The number of carbonyl (C=O) groups is 1. The molecule has 0 saturated heterocycles. The molecule has 126 valence electrons. The van der Waals surface area contributed by atoms with Gasteiger partial charge in [0.15, 0.2) is 0 Å². The van der Waals surface area contributed by atoms with Crippen molar-refractivity contribution in [2.24, 2.45) is 0 Å². The minimum atomic E-state index is -0.170. The van der Waals surface area contributed by atoms with Gasteiger partial charge in [-0.15, -0.1) is 11.3 Å². The molecule has 1 N–H and O–H groups in total. The van der Waals surface area contributed by atoms with Crippen LogP contribution in [0.2, 0.25) is 0 Å². The standard InChI is InChI=1S/C20H18N2O2S/c1-2-24-18-10-3-15(4-11-18)5-12-19(23)22-17-8-6-16(7-9-17)20-21-13-14-25-20/h3-14H,2H2,1H3,(H,22,23). The van der Waals surface area contributed by atoms with Crippen molar-refractivity contribution in [3.05, 3.63) is 71.7 Å². The van der Waals surface area contributed by atoms with E-state index in [9.17, 15) is 4.79 Å². The van der Waals surface area contributed by atoms with Crippen LogP contribution >= 0.6 is 11.3 Å². The van der Waals surface area contributed by atoms with Crippen molar-refractivity contribution in [3.8, 4) is 16.3 Å². The number of nitrogens with one attached hydrogen (secondary N) is 1. The summed E-state index contributed by atoms with van der Waals surface area (Å²) in [5, 5.41) is 5.76. The zero-order valence-corrected chi connectivity index (χ0v) is 14.6. The van der Waals surface area contributed by atoms with Gasteiger partial charge in [-0.3, -0.25) is 4.79 Å². The highest BCUT2D eigenvalue weighted by Gasteiger charge is 2.02. The van der Waals surface area contributed by atoms with Gasteiger partial charge in [0.1, 0.15) is 10.8 Å². The Bertz CT molecular complexity index is 838.